The maximum absolute atomic E-state index is 12.3. The van der Waals surface area contributed by atoms with Crippen LogP contribution < -0.4 is 20.5 Å². The first-order valence-corrected chi connectivity index (χ1v) is 10.7. The summed E-state index contributed by atoms with van der Waals surface area (Å²) in [4.78, 5) is 23.2. The smallest absolute Gasteiger partial charge is 0.266 e. The van der Waals surface area contributed by atoms with E-state index in [0.717, 1.165) is 54.1 Å². The van der Waals surface area contributed by atoms with Crippen LogP contribution in [0.1, 0.15) is 0 Å². The summed E-state index contributed by atoms with van der Waals surface area (Å²) in [7, 11) is 0. The van der Waals surface area contributed by atoms with Crippen molar-refractivity contribution in [3.05, 3.63) is 77.5 Å². The lowest BCUT2D eigenvalue weighted by atomic mass is 10.1. The topological polar surface area (TPSA) is 85.2 Å². The lowest BCUT2D eigenvalue weighted by molar-refractivity contribution is 0.291. The van der Waals surface area contributed by atoms with E-state index in [0.29, 0.717) is 13.2 Å². The van der Waals surface area contributed by atoms with E-state index in [1.807, 2.05) is 18.2 Å². The molecule has 1 aliphatic heterocycles. The summed E-state index contributed by atoms with van der Waals surface area (Å²) in [6.45, 7) is 4.63. The van der Waals surface area contributed by atoms with Crippen LogP contribution in [0, 0.1) is 0 Å². The van der Waals surface area contributed by atoms with Crippen molar-refractivity contribution in [2.24, 2.45) is 0 Å². The highest BCUT2D eigenvalue weighted by Gasteiger charge is 2.12. The number of fused-ring (bicyclic) bond motifs is 1. The molecule has 8 heteroatoms. The molecule has 0 aliphatic carbocycles. The van der Waals surface area contributed by atoms with Crippen LogP contribution in [-0.2, 0) is 6.54 Å². The molecule has 4 aromatic rings. The molecule has 0 spiro atoms. The Kier molecular flexibility index (Phi) is 5.76. The molecule has 0 atom stereocenters. The number of hydrogen-bond acceptors (Lipinski definition) is 7. The number of rotatable bonds is 6. The van der Waals surface area contributed by atoms with Gasteiger partial charge in [-0.05, 0) is 42.5 Å². The van der Waals surface area contributed by atoms with Crippen LogP contribution in [0.3, 0.4) is 0 Å². The fraction of sp³-hybridized carbons (Fsp3) is 0.250. The Morgan fingerprint density at radius 2 is 1.81 bits per heavy atom. The molecule has 1 aliphatic rings. The quantitative estimate of drug-likeness (QED) is 0.505. The van der Waals surface area contributed by atoms with Gasteiger partial charge in [0, 0.05) is 67.5 Å². The number of hydrogen-bond donors (Lipinski definition) is 1. The molecule has 0 bridgehead atoms. The molecule has 3 aromatic heterocycles. The van der Waals surface area contributed by atoms with Gasteiger partial charge in [0.25, 0.3) is 5.56 Å². The van der Waals surface area contributed by atoms with Gasteiger partial charge >= 0.3 is 0 Å². The van der Waals surface area contributed by atoms with E-state index < -0.39 is 0 Å². The molecule has 4 heterocycles. The first-order valence-electron chi connectivity index (χ1n) is 10.7. The van der Waals surface area contributed by atoms with Crippen molar-refractivity contribution in [1.29, 1.82) is 0 Å². The number of pyridine rings is 2. The maximum Gasteiger partial charge on any atom is 0.266 e. The van der Waals surface area contributed by atoms with Gasteiger partial charge in [0.15, 0.2) is 0 Å². The van der Waals surface area contributed by atoms with Gasteiger partial charge in [0.2, 0.25) is 0 Å². The third-order valence-corrected chi connectivity index (χ3v) is 5.57. The Morgan fingerprint density at radius 1 is 0.969 bits per heavy atom. The summed E-state index contributed by atoms with van der Waals surface area (Å²) in [6, 6.07) is 15.1. The fourth-order valence-electron chi connectivity index (χ4n) is 3.88. The minimum Gasteiger partial charge on any atom is -0.491 e. The molecule has 5 rings (SSSR count). The molecular formula is C24H24N6O2. The van der Waals surface area contributed by atoms with Gasteiger partial charge < -0.3 is 15.0 Å². The third-order valence-electron chi connectivity index (χ3n) is 5.57. The second-order valence-corrected chi connectivity index (χ2v) is 7.61. The van der Waals surface area contributed by atoms with E-state index in [4.69, 9.17) is 4.74 Å². The molecule has 1 N–H and O–H groups in total. The van der Waals surface area contributed by atoms with Gasteiger partial charge in [-0.2, -0.15) is 5.10 Å². The molecule has 0 amide bonds. The predicted molar refractivity (Wildman–Crippen MR) is 124 cm³/mol. The van der Waals surface area contributed by atoms with E-state index >= 15 is 0 Å². The zero-order chi connectivity index (χ0) is 21.8. The molecule has 8 nitrogen and oxygen atoms in total. The molecule has 0 radical (unpaired) electrons. The number of ether oxygens (including phenoxy) is 1. The second-order valence-electron chi connectivity index (χ2n) is 7.61. The monoisotopic (exact) mass is 428 g/mol. The minimum absolute atomic E-state index is 0.161. The van der Waals surface area contributed by atoms with Crippen molar-refractivity contribution in [3.8, 4) is 17.0 Å². The summed E-state index contributed by atoms with van der Waals surface area (Å²) in [5.74, 6) is 0.750. The zero-order valence-corrected chi connectivity index (χ0v) is 17.6. The van der Waals surface area contributed by atoms with E-state index in [2.05, 4.69) is 43.5 Å². The molecule has 162 valence electrons. The number of anilines is 1. The highest BCUT2D eigenvalue weighted by atomic mass is 16.5. The average Bonchev–Trinajstić information content (AvgIpc) is 2.86. The van der Waals surface area contributed by atoms with E-state index in [-0.39, 0.29) is 5.56 Å². The van der Waals surface area contributed by atoms with Crippen LogP contribution in [0.4, 0.5) is 5.69 Å². The maximum atomic E-state index is 12.3. The number of piperazine rings is 1. The van der Waals surface area contributed by atoms with Crippen LogP contribution >= 0.6 is 0 Å². The molecular weight excluding hydrogens is 404 g/mol. The van der Waals surface area contributed by atoms with E-state index in [9.17, 15) is 4.79 Å². The van der Waals surface area contributed by atoms with Gasteiger partial charge in [-0.1, -0.05) is 0 Å². The SMILES string of the molecule is O=c1ccc(-c2ccncc2)nn1CCOc1ccnc2cc(N3CCNCC3)ccc12. The van der Waals surface area contributed by atoms with E-state index in [1.54, 1.807) is 24.7 Å². The van der Waals surface area contributed by atoms with Gasteiger partial charge in [0.05, 0.1) is 17.8 Å². The Bertz CT molecular complexity index is 1270. The van der Waals surface area contributed by atoms with Crippen molar-refractivity contribution in [1.82, 2.24) is 25.1 Å². The van der Waals surface area contributed by atoms with Gasteiger partial charge in [-0.25, -0.2) is 4.68 Å². The predicted octanol–water partition coefficient (Wildman–Crippen LogP) is 2.34. The second kappa shape index (κ2) is 9.15. The van der Waals surface area contributed by atoms with Crippen LogP contribution in [0.15, 0.2) is 71.9 Å². The summed E-state index contributed by atoms with van der Waals surface area (Å²) in [5, 5.41) is 8.80. The van der Waals surface area contributed by atoms with Crippen molar-refractivity contribution in [3.63, 3.8) is 0 Å². The fourth-order valence-corrected chi connectivity index (χ4v) is 3.88. The lowest BCUT2D eigenvalue weighted by Crippen LogP contribution is -2.43. The van der Waals surface area contributed by atoms with E-state index in [1.165, 1.54) is 16.4 Å². The average molecular weight is 428 g/mol. The number of nitrogens with one attached hydrogen (secondary N) is 1. The third kappa shape index (κ3) is 4.31. The van der Waals surface area contributed by atoms with Crippen molar-refractivity contribution in [2.45, 2.75) is 6.54 Å². The van der Waals surface area contributed by atoms with Crippen LogP contribution in [0.25, 0.3) is 22.2 Å². The number of aromatic nitrogens is 4. The van der Waals surface area contributed by atoms with Crippen molar-refractivity contribution in [2.75, 3.05) is 37.7 Å². The molecule has 0 saturated carbocycles. The summed E-state index contributed by atoms with van der Waals surface area (Å²) >= 11 is 0. The van der Waals surface area contributed by atoms with Gasteiger partial charge in [0.1, 0.15) is 12.4 Å². The standard InChI is InChI=1S/C24H24N6O2/c31-24-4-3-21(18-5-8-25-9-6-18)28-30(24)15-16-32-23-7-10-27-22-17-19(1-2-20(22)23)29-13-11-26-12-14-29/h1-10,17,26H,11-16H2. The largest absolute Gasteiger partial charge is 0.491 e. The molecule has 1 fully saturated rings. The minimum atomic E-state index is -0.161. The van der Waals surface area contributed by atoms with Crippen molar-refractivity contribution < 1.29 is 4.74 Å². The van der Waals surface area contributed by atoms with Gasteiger partial charge in [-0.3, -0.25) is 14.8 Å². The summed E-state index contributed by atoms with van der Waals surface area (Å²) < 4.78 is 7.47. The zero-order valence-electron chi connectivity index (χ0n) is 17.6. The molecule has 0 unspecified atom stereocenters. The molecule has 32 heavy (non-hydrogen) atoms. The Hall–Kier alpha value is -3.78. The number of nitrogens with zero attached hydrogens (tertiary/aromatic N) is 5. The highest BCUT2D eigenvalue weighted by Crippen LogP contribution is 2.28. The van der Waals surface area contributed by atoms with Gasteiger partial charge in [-0.15, -0.1) is 0 Å². The normalized spacial score (nSPS) is 13.9. The van der Waals surface area contributed by atoms with Crippen molar-refractivity contribution >= 4 is 16.6 Å². The van der Waals surface area contributed by atoms with Crippen LogP contribution in [0.5, 0.6) is 5.75 Å². The summed E-state index contributed by atoms with van der Waals surface area (Å²) in [5.41, 5.74) is 3.55. The first-order chi connectivity index (χ1) is 15.8. The van der Waals surface area contributed by atoms with Crippen LogP contribution in [0.2, 0.25) is 0 Å². The summed E-state index contributed by atoms with van der Waals surface area (Å²) in [6.07, 6.45) is 5.17. The van der Waals surface area contributed by atoms with Crippen LogP contribution in [-0.4, -0.2) is 52.5 Å². The first kappa shape index (κ1) is 20.1. The molecule has 1 aromatic carbocycles. The molecule has 1 saturated heterocycles. The number of benzene rings is 1. The highest BCUT2D eigenvalue weighted by molar-refractivity contribution is 5.87. The lowest BCUT2D eigenvalue weighted by Gasteiger charge is -2.29. The Morgan fingerprint density at radius 3 is 2.66 bits per heavy atom. The Balaban J connectivity index is 1.31. The Labute approximate surface area is 185 Å².